The smallest absolute Gasteiger partial charge is 0.241 e. The van der Waals surface area contributed by atoms with Gasteiger partial charge in [0.1, 0.15) is 24.0 Å². The fourth-order valence-corrected chi connectivity index (χ4v) is 2.16. The number of anilines is 1. The number of nitrogens with zero attached hydrogens (tertiary/aromatic N) is 1. The first-order chi connectivity index (χ1) is 11.9. The van der Waals surface area contributed by atoms with E-state index in [1.165, 1.54) is 6.07 Å². The minimum absolute atomic E-state index is 0.0393. The average molecular weight is 348 g/mol. The summed E-state index contributed by atoms with van der Waals surface area (Å²) in [7, 11) is 1.78. The predicted octanol–water partition coefficient (Wildman–Crippen LogP) is 3.61. The third-order valence-electron chi connectivity index (χ3n) is 3.96. The molecular weight excluding hydrogens is 326 g/mol. The number of halogens is 2. The van der Waals surface area contributed by atoms with Gasteiger partial charge in [-0.15, -0.1) is 0 Å². The molecule has 0 aliphatic rings. The minimum Gasteiger partial charge on any atom is -0.492 e. The van der Waals surface area contributed by atoms with E-state index in [1.54, 1.807) is 18.9 Å². The van der Waals surface area contributed by atoms with E-state index in [9.17, 15) is 13.6 Å². The molecule has 0 saturated carbocycles. The van der Waals surface area contributed by atoms with Crippen molar-refractivity contribution < 1.29 is 18.3 Å². The summed E-state index contributed by atoms with van der Waals surface area (Å²) in [4.78, 5) is 14.0. The van der Waals surface area contributed by atoms with Crippen LogP contribution in [0.4, 0.5) is 14.5 Å². The average Bonchev–Trinajstić information content (AvgIpc) is 2.58. The standard InChI is InChI=1S/C19H22F2N2O2/c1-13-4-7-16(8-5-13)25-11-10-23(3)14(2)19(24)22-18-9-6-15(20)12-17(18)21/h4-9,12,14H,10-11H2,1-3H3,(H,22,24). The molecule has 0 fully saturated rings. The van der Waals surface area contributed by atoms with Crippen LogP contribution in [0.15, 0.2) is 42.5 Å². The van der Waals surface area contributed by atoms with Crippen molar-refractivity contribution in [2.45, 2.75) is 19.9 Å². The minimum atomic E-state index is -0.800. The molecule has 0 aliphatic heterocycles. The lowest BCUT2D eigenvalue weighted by Gasteiger charge is -2.24. The molecule has 1 N–H and O–H groups in total. The van der Waals surface area contributed by atoms with E-state index in [2.05, 4.69) is 5.32 Å². The summed E-state index contributed by atoms with van der Waals surface area (Å²) in [6.45, 7) is 4.65. The maximum absolute atomic E-state index is 13.6. The number of likely N-dealkylation sites (N-methyl/N-ethyl adjacent to an activating group) is 1. The number of hydrogen-bond donors (Lipinski definition) is 1. The molecule has 25 heavy (non-hydrogen) atoms. The highest BCUT2D eigenvalue weighted by atomic mass is 19.1. The highest BCUT2D eigenvalue weighted by molar-refractivity contribution is 5.94. The Labute approximate surface area is 146 Å². The molecule has 2 aromatic rings. The summed E-state index contributed by atoms with van der Waals surface area (Å²) in [6.07, 6.45) is 0. The van der Waals surface area contributed by atoms with Crippen LogP contribution in [-0.2, 0) is 4.79 Å². The van der Waals surface area contributed by atoms with Crippen LogP contribution >= 0.6 is 0 Å². The molecule has 4 nitrogen and oxygen atoms in total. The van der Waals surface area contributed by atoms with Crippen LogP contribution < -0.4 is 10.1 Å². The van der Waals surface area contributed by atoms with Crippen LogP contribution in [-0.4, -0.2) is 37.0 Å². The van der Waals surface area contributed by atoms with Gasteiger partial charge in [-0.3, -0.25) is 9.69 Å². The lowest BCUT2D eigenvalue weighted by molar-refractivity contribution is -0.120. The zero-order valence-corrected chi connectivity index (χ0v) is 14.6. The Hall–Kier alpha value is -2.47. The Kier molecular flexibility index (Phi) is 6.47. The number of carbonyl (C=O) groups is 1. The molecule has 0 aromatic heterocycles. The number of benzene rings is 2. The van der Waals surface area contributed by atoms with E-state index in [4.69, 9.17) is 4.74 Å². The number of aryl methyl sites for hydroxylation is 1. The van der Waals surface area contributed by atoms with Crippen molar-refractivity contribution in [3.05, 3.63) is 59.7 Å². The van der Waals surface area contributed by atoms with E-state index < -0.39 is 17.7 Å². The monoisotopic (exact) mass is 348 g/mol. The molecular formula is C19H22F2N2O2. The highest BCUT2D eigenvalue weighted by Gasteiger charge is 2.19. The predicted molar refractivity (Wildman–Crippen MR) is 93.8 cm³/mol. The van der Waals surface area contributed by atoms with Gasteiger partial charge in [-0.25, -0.2) is 8.78 Å². The zero-order chi connectivity index (χ0) is 18.4. The molecule has 0 aliphatic carbocycles. The van der Waals surface area contributed by atoms with E-state index in [1.807, 2.05) is 31.2 Å². The van der Waals surface area contributed by atoms with Crippen molar-refractivity contribution in [1.82, 2.24) is 4.90 Å². The lowest BCUT2D eigenvalue weighted by Crippen LogP contribution is -2.41. The van der Waals surface area contributed by atoms with Gasteiger partial charge in [0.15, 0.2) is 0 Å². The van der Waals surface area contributed by atoms with Crippen molar-refractivity contribution in [3.8, 4) is 5.75 Å². The van der Waals surface area contributed by atoms with Gasteiger partial charge in [0.25, 0.3) is 0 Å². The Balaban J connectivity index is 1.82. The normalized spacial score (nSPS) is 12.1. The van der Waals surface area contributed by atoms with Gasteiger partial charge in [0, 0.05) is 12.6 Å². The molecule has 1 unspecified atom stereocenters. The summed E-state index contributed by atoms with van der Waals surface area (Å²) in [5, 5.41) is 2.47. The second kappa shape index (κ2) is 8.58. The van der Waals surface area contributed by atoms with Crippen molar-refractivity contribution in [2.75, 3.05) is 25.5 Å². The fourth-order valence-electron chi connectivity index (χ4n) is 2.16. The summed E-state index contributed by atoms with van der Waals surface area (Å²) in [5.41, 5.74) is 1.12. The third kappa shape index (κ3) is 5.53. The van der Waals surface area contributed by atoms with Crippen LogP contribution in [0, 0.1) is 18.6 Å². The Morgan fingerprint density at radius 3 is 2.52 bits per heavy atom. The van der Waals surface area contributed by atoms with E-state index in [0.717, 1.165) is 23.4 Å². The molecule has 134 valence electrons. The molecule has 1 amide bonds. The summed E-state index contributed by atoms with van der Waals surface area (Å²) in [5.74, 6) is -1.09. The van der Waals surface area contributed by atoms with E-state index in [0.29, 0.717) is 13.2 Å². The van der Waals surface area contributed by atoms with Gasteiger partial charge in [0.05, 0.1) is 11.7 Å². The Morgan fingerprint density at radius 2 is 1.88 bits per heavy atom. The van der Waals surface area contributed by atoms with Crippen LogP contribution in [0.1, 0.15) is 12.5 Å². The molecule has 0 saturated heterocycles. The zero-order valence-electron chi connectivity index (χ0n) is 14.6. The van der Waals surface area contributed by atoms with Crippen LogP contribution in [0.2, 0.25) is 0 Å². The number of amides is 1. The first kappa shape index (κ1) is 18.9. The van der Waals surface area contributed by atoms with Gasteiger partial charge >= 0.3 is 0 Å². The summed E-state index contributed by atoms with van der Waals surface area (Å²) < 4.78 is 32.1. The van der Waals surface area contributed by atoms with Crippen molar-refractivity contribution >= 4 is 11.6 Å². The second-order valence-electron chi connectivity index (χ2n) is 5.93. The van der Waals surface area contributed by atoms with Gasteiger partial charge < -0.3 is 10.1 Å². The van der Waals surface area contributed by atoms with Gasteiger partial charge in [-0.2, -0.15) is 0 Å². The largest absolute Gasteiger partial charge is 0.492 e. The molecule has 6 heteroatoms. The number of ether oxygens (including phenoxy) is 1. The molecule has 0 bridgehead atoms. The molecule has 1 atom stereocenters. The summed E-state index contributed by atoms with van der Waals surface area (Å²) >= 11 is 0. The highest BCUT2D eigenvalue weighted by Crippen LogP contribution is 2.16. The van der Waals surface area contributed by atoms with Crippen LogP contribution in [0.5, 0.6) is 5.75 Å². The van der Waals surface area contributed by atoms with Gasteiger partial charge in [-0.05, 0) is 45.2 Å². The molecule has 0 radical (unpaired) electrons. The maximum Gasteiger partial charge on any atom is 0.241 e. The topological polar surface area (TPSA) is 41.6 Å². The SMILES string of the molecule is Cc1ccc(OCCN(C)C(C)C(=O)Nc2ccc(F)cc2F)cc1. The third-order valence-corrected chi connectivity index (χ3v) is 3.96. The molecule has 2 aromatic carbocycles. The number of hydrogen-bond acceptors (Lipinski definition) is 3. The lowest BCUT2D eigenvalue weighted by atomic mass is 10.2. The maximum atomic E-state index is 13.6. The second-order valence-corrected chi connectivity index (χ2v) is 5.93. The van der Waals surface area contributed by atoms with E-state index in [-0.39, 0.29) is 11.6 Å². The van der Waals surface area contributed by atoms with Crippen LogP contribution in [0.25, 0.3) is 0 Å². The number of nitrogens with one attached hydrogen (secondary N) is 1. The van der Waals surface area contributed by atoms with Gasteiger partial charge in [-0.1, -0.05) is 17.7 Å². The van der Waals surface area contributed by atoms with Crippen molar-refractivity contribution in [3.63, 3.8) is 0 Å². The quantitative estimate of drug-likeness (QED) is 0.831. The number of rotatable bonds is 7. The molecule has 0 heterocycles. The Morgan fingerprint density at radius 1 is 1.20 bits per heavy atom. The van der Waals surface area contributed by atoms with E-state index >= 15 is 0 Å². The van der Waals surface area contributed by atoms with Crippen molar-refractivity contribution in [2.24, 2.45) is 0 Å². The van der Waals surface area contributed by atoms with Crippen LogP contribution in [0.3, 0.4) is 0 Å². The summed E-state index contributed by atoms with van der Waals surface area (Å²) in [6, 6.07) is 10.3. The first-order valence-corrected chi connectivity index (χ1v) is 8.02. The Bertz CT molecular complexity index is 720. The van der Waals surface area contributed by atoms with Crippen molar-refractivity contribution in [1.29, 1.82) is 0 Å². The molecule has 0 spiro atoms. The first-order valence-electron chi connectivity index (χ1n) is 8.02. The fraction of sp³-hybridized carbons (Fsp3) is 0.316. The number of carbonyl (C=O) groups excluding carboxylic acids is 1. The molecule has 2 rings (SSSR count). The van der Waals surface area contributed by atoms with Gasteiger partial charge in [0.2, 0.25) is 5.91 Å².